The van der Waals surface area contributed by atoms with Crippen molar-refractivity contribution >= 4 is 23.7 Å². The van der Waals surface area contributed by atoms with E-state index in [2.05, 4.69) is 25.8 Å². The van der Waals surface area contributed by atoms with E-state index in [9.17, 15) is 14.0 Å². The van der Waals surface area contributed by atoms with E-state index in [4.69, 9.17) is 0 Å². The van der Waals surface area contributed by atoms with Crippen LogP contribution < -0.4 is 10.6 Å². The van der Waals surface area contributed by atoms with Crippen molar-refractivity contribution in [3.05, 3.63) is 54.6 Å². The van der Waals surface area contributed by atoms with E-state index in [0.29, 0.717) is 16.7 Å². The molecule has 3 aromatic rings. The van der Waals surface area contributed by atoms with Gasteiger partial charge in [-0.05, 0) is 56.2 Å². The molecule has 0 bridgehead atoms. The Morgan fingerprint density at radius 2 is 1.76 bits per heavy atom. The van der Waals surface area contributed by atoms with Gasteiger partial charge in [0.25, 0.3) is 0 Å². The number of hydrogen-bond donors (Lipinski definition) is 2. The highest BCUT2D eigenvalue weighted by atomic mass is 32.2. The molecule has 1 saturated carbocycles. The fourth-order valence-corrected chi connectivity index (χ4v) is 4.62. The maximum atomic E-state index is 13.5. The standard InChI is InChI=1S/C23H25FN6O2S/c1-15(21(31)27-22(32)26-18-5-3-2-4-6-18)33-23-29-28-20(16-11-13-25-14-12-16)30(23)19-9-7-17(24)8-10-19/h7-15,18H,2-6H2,1H3,(H2,26,27,31,32)/t15-/m0/s1. The van der Waals surface area contributed by atoms with E-state index in [0.717, 1.165) is 31.2 Å². The van der Waals surface area contributed by atoms with Crippen LogP contribution in [0.3, 0.4) is 0 Å². The fourth-order valence-electron chi connectivity index (χ4n) is 3.75. The van der Waals surface area contributed by atoms with Crippen molar-refractivity contribution in [2.45, 2.75) is 55.5 Å². The van der Waals surface area contributed by atoms with E-state index in [1.165, 1.54) is 30.3 Å². The van der Waals surface area contributed by atoms with Crippen molar-refractivity contribution in [1.82, 2.24) is 30.4 Å². The van der Waals surface area contributed by atoms with Crippen LogP contribution in [0.5, 0.6) is 0 Å². The van der Waals surface area contributed by atoms with Crippen LogP contribution in [0, 0.1) is 5.82 Å². The lowest BCUT2D eigenvalue weighted by molar-refractivity contribution is -0.119. The predicted molar refractivity (Wildman–Crippen MR) is 123 cm³/mol. The maximum absolute atomic E-state index is 13.5. The van der Waals surface area contributed by atoms with Crippen molar-refractivity contribution < 1.29 is 14.0 Å². The Hall–Kier alpha value is -3.27. The summed E-state index contributed by atoms with van der Waals surface area (Å²) >= 11 is 1.17. The number of pyridine rings is 1. The van der Waals surface area contributed by atoms with Gasteiger partial charge < -0.3 is 5.32 Å². The summed E-state index contributed by atoms with van der Waals surface area (Å²) in [4.78, 5) is 29.0. The number of carbonyl (C=O) groups excluding carboxylic acids is 2. The molecule has 2 heterocycles. The van der Waals surface area contributed by atoms with Crippen LogP contribution in [0.25, 0.3) is 17.1 Å². The summed E-state index contributed by atoms with van der Waals surface area (Å²) in [7, 11) is 0. The van der Waals surface area contributed by atoms with E-state index in [1.54, 1.807) is 48.1 Å². The second kappa shape index (κ2) is 10.6. The number of nitrogens with zero attached hydrogens (tertiary/aromatic N) is 4. The van der Waals surface area contributed by atoms with Crippen LogP contribution in [0.4, 0.5) is 9.18 Å². The number of imide groups is 1. The second-order valence-corrected chi connectivity index (χ2v) is 9.22. The topological polar surface area (TPSA) is 102 Å². The molecule has 172 valence electrons. The number of benzene rings is 1. The third-order valence-corrected chi connectivity index (χ3v) is 6.53. The van der Waals surface area contributed by atoms with Crippen LogP contribution in [-0.2, 0) is 4.79 Å². The zero-order chi connectivity index (χ0) is 23.2. The van der Waals surface area contributed by atoms with Gasteiger partial charge >= 0.3 is 6.03 Å². The third kappa shape index (κ3) is 5.75. The molecule has 4 rings (SSSR count). The van der Waals surface area contributed by atoms with Crippen LogP contribution in [0.2, 0.25) is 0 Å². The first kappa shape index (κ1) is 22.9. The summed E-state index contributed by atoms with van der Waals surface area (Å²) in [5.41, 5.74) is 1.43. The van der Waals surface area contributed by atoms with Gasteiger partial charge in [-0.25, -0.2) is 9.18 Å². The van der Waals surface area contributed by atoms with Gasteiger partial charge in [0.2, 0.25) is 5.91 Å². The number of urea groups is 1. The molecule has 2 N–H and O–H groups in total. The highest BCUT2D eigenvalue weighted by Gasteiger charge is 2.24. The molecule has 1 atom stereocenters. The van der Waals surface area contributed by atoms with Gasteiger partial charge in [-0.3, -0.25) is 19.7 Å². The monoisotopic (exact) mass is 468 g/mol. The van der Waals surface area contributed by atoms with Gasteiger partial charge in [0.15, 0.2) is 11.0 Å². The Morgan fingerprint density at radius 3 is 2.45 bits per heavy atom. The molecule has 2 aromatic heterocycles. The van der Waals surface area contributed by atoms with Crippen LogP contribution in [-0.4, -0.2) is 43.0 Å². The van der Waals surface area contributed by atoms with Crippen LogP contribution >= 0.6 is 11.8 Å². The molecule has 1 fully saturated rings. The van der Waals surface area contributed by atoms with Crippen molar-refractivity contribution in [3.63, 3.8) is 0 Å². The molecule has 0 spiro atoms. The average Bonchev–Trinajstić information content (AvgIpc) is 3.24. The molecule has 1 aliphatic carbocycles. The summed E-state index contributed by atoms with van der Waals surface area (Å²) in [6, 6.07) is 9.17. The molecule has 0 aliphatic heterocycles. The lowest BCUT2D eigenvalue weighted by Gasteiger charge is -2.23. The first-order valence-electron chi connectivity index (χ1n) is 10.9. The molecule has 3 amide bonds. The van der Waals surface area contributed by atoms with Gasteiger partial charge in [-0.2, -0.15) is 0 Å². The molecular weight excluding hydrogens is 443 g/mol. The fraction of sp³-hybridized carbons (Fsp3) is 0.348. The molecule has 8 nitrogen and oxygen atoms in total. The van der Waals surface area contributed by atoms with Gasteiger partial charge in [-0.1, -0.05) is 31.0 Å². The molecule has 0 saturated heterocycles. The molecule has 10 heteroatoms. The van der Waals surface area contributed by atoms with Crippen molar-refractivity contribution in [2.75, 3.05) is 0 Å². The first-order valence-corrected chi connectivity index (χ1v) is 11.8. The Kier molecular flexibility index (Phi) is 7.33. The van der Waals surface area contributed by atoms with Crippen molar-refractivity contribution in [3.8, 4) is 17.1 Å². The number of nitrogens with one attached hydrogen (secondary N) is 2. The molecule has 0 unspecified atom stereocenters. The average molecular weight is 469 g/mol. The quantitative estimate of drug-likeness (QED) is 0.528. The molecular formula is C23H25FN6O2S. The van der Waals surface area contributed by atoms with E-state index in [1.807, 2.05) is 0 Å². The minimum Gasteiger partial charge on any atom is -0.335 e. The highest BCUT2D eigenvalue weighted by molar-refractivity contribution is 8.00. The Morgan fingerprint density at radius 1 is 1.06 bits per heavy atom. The SMILES string of the molecule is C[C@H](Sc1nnc(-c2ccncc2)n1-c1ccc(F)cc1)C(=O)NC(=O)NC1CCCCC1. The Labute approximate surface area is 195 Å². The molecule has 0 radical (unpaired) electrons. The van der Waals surface area contributed by atoms with Crippen LogP contribution in [0.1, 0.15) is 39.0 Å². The summed E-state index contributed by atoms with van der Waals surface area (Å²) in [6.45, 7) is 1.70. The highest BCUT2D eigenvalue weighted by Crippen LogP contribution is 2.30. The lowest BCUT2D eigenvalue weighted by atomic mass is 9.96. The number of carbonyl (C=O) groups is 2. The van der Waals surface area contributed by atoms with Gasteiger partial charge in [0.05, 0.1) is 5.25 Å². The number of rotatable bonds is 6. The maximum Gasteiger partial charge on any atom is 0.321 e. The van der Waals surface area contributed by atoms with Gasteiger partial charge in [0.1, 0.15) is 5.82 Å². The molecule has 33 heavy (non-hydrogen) atoms. The predicted octanol–water partition coefficient (Wildman–Crippen LogP) is 4.11. The zero-order valence-corrected chi connectivity index (χ0v) is 19.0. The summed E-state index contributed by atoms with van der Waals surface area (Å²) in [5, 5.41) is 13.7. The molecule has 1 aliphatic rings. The second-order valence-electron chi connectivity index (χ2n) is 7.91. The normalized spacial score (nSPS) is 15.1. The smallest absolute Gasteiger partial charge is 0.321 e. The van der Waals surface area contributed by atoms with Crippen molar-refractivity contribution in [2.24, 2.45) is 0 Å². The van der Waals surface area contributed by atoms with Crippen LogP contribution in [0.15, 0.2) is 53.9 Å². The van der Waals surface area contributed by atoms with Crippen molar-refractivity contribution in [1.29, 1.82) is 0 Å². The first-order chi connectivity index (χ1) is 16.0. The molecule has 1 aromatic carbocycles. The Balaban J connectivity index is 1.51. The summed E-state index contributed by atoms with van der Waals surface area (Å²) < 4.78 is 15.3. The summed E-state index contributed by atoms with van der Waals surface area (Å²) in [6.07, 6.45) is 8.52. The lowest BCUT2D eigenvalue weighted by Crippen LogP contribution is -2.47. The van der Waals surface area contributed by atoms with Gasteiger partial charge in [0, 0.05) is 29.7 Å². The van der Waals surface area contributed by atoms with Gasteiger partial charge in [-0.15, -0.1) is 10.2 Å². The number of halogens is 1. The van der Waals surface area contributed by atoms with E-state index < -0.39 is 17.2 Å². The van der Waals surface area contributed by atoms with E-state index in [-0.39, 0.29) is 11.9 Å². The van der Waals surface area contributed by atoms with E-state index >= 15 is 0 Å². The Bertz CT molecular complexity index is 1100. The minimum atomic E-state index is -0.615. The number of hydrogen-bond acceptors (Lipinski definition) is 6. The largest absolute Gasteiger partial charge is 0.335 e. The number of thioether (sulfide) groups is 1. The zero-order valence-electron chi connectivity index (χ0n) is 18.2. The number of aromatic nitrogens is 4. The number of amides is 3. The third-order valence-electron chi connectivity index (χ3n) is 5.49. The summed E-state index contributed by atoms with van der Waals surface area (Å²) in [5.74, 6) is -0.246. The minimum absolute atomic E-state index is 0.110.